The van der Waals surface area contributed by atoms with Gasteiger partial charge in [0.25, 0.3) is 5.91 Å². The number of hydrogen-bond acceptors (Lipinski definition) is 5. The molecule has 9 heteroatoms. The van der Waals surface area contributed by atoms with E-state index in [0.29, 0.717) is 34.4 Å². The third kappa shape index (κ3) is 3.72. The third-order valence-corrected chi connectivity index (χ3v) is 4.08. The molecule has 0 radical (unpaired) electrons. The number of hydrazone groups is 1. The van der Waals surface area contributed by atoms with E-state index in [2.05, 4.69) is 20.4 Å². The maximum absolute atomic E-state index is 12.1. The van der Waals surface area contributed by atoms with Crippen LogP contribution in [0, 0.1) is 0 Å². The predicted octanol–water partition coefficient (Wildman–Crippen LogP) is 3.39. The molecule has 1 amide bonds. The van der Waals surface area contributed by atoms with E-state index in [4.69, 9.17) is 34.8 Å². The lowest BCUT2D eigenvalue weighted by molar-refractivity contribution is 0.0976. The first kappa shape index (κ1) is 16.0. The summed E-state index contributed by atoms with van der Waals surface area (Å²) in [4.78, 5) is 19.6. The van der Waals surface area contributed by atoms with Gasteiger partial charge in [0.15, 0.2) is 0 Å². The van der Waals surface area contributed by atoms with Crippen molar-refractivity contribution in [1.29, 1.82) is 0 Å². The molecule has 1 aliphatic rings. The number of amidine groups is 1. The number of carbonyl (C=O) groups is 1. The Morgan fingerprint density at radius 3 is 2.57 bits per heavy atom. The molecule has 2 aromatic rings. The number of aromatic nitrogens is 2. The van der Waals surface area contributed by atoms with E-state index in [-0.39, 0.29) is 11.2 Å². The number of amides is 1. The Morgan fingerprint density at radius 1 is 1.13 bits per heavy atom. The van der Waals surface area contributed by atoms with E-state index >= 15 is 0 Å². The van der Waals surface area contributed by atoms with Gasteiger partial charge in [-0.1, -0.05) is 23.2 Å². The molecule has 1 aromatic heterocycles. The van der Waals surface area contributed by atoms with Crippen LogP contribution in [0.2, 0.25) is 15.3 Å². The second-order valence-corrected chi connectivity index (χ2v) is 5.87. The Labute approximate surface area is 147 Å². The zero-order chi connectivity index (χ0) is 16.4. The fourth-order valence-corrected chi connectivity index (χ4v) is 2.40. The van der Waals surface area contributed by atoms with E-state index in [1.54, 1.807) is 17.1 Å². The smallest absolute Gasteiger partial charge is 0.259 e. The van der Waals surface area contributed by atoms with Crippen LogP contribution in [0.15, 0.2) is 35.7 Å². The summed E-state index contributed by atoms with van der Waals surface area (Å²) in [5.41, 5.74) is 1.11. The molecule has 23 heavy (non-hydrogen) atoms. The van der Waals surface area contributed by atoms with Crippen LogP contribution in [0.25, 0.3) is 0 Å². The summed E-state index contributed by atoms with van der Waals surface area (Å²) in [5, 5.41) is 9.86. The molecular formula is C14H10Cl3N5O. The van der Waals surface area contributed by atoms with Crippen LogP contribution in [-0.2, 0) is 0 Å². The minimum absolute atomic E-state index is 0.0885. The van der Waals surface area contributed by atoms with Gasteiger partial charge in [0.2, 0.25) is 5.28 Å². The van der Waals surface area contributed by atoms with Gasteiger partial charge in [-0.05, 0) is 29.8 Å². The summed E-state index contributed by atoms with van der Waals surface area (Å²) in [7, 11) is 0. The summed E-state index contributed by atoms with van der Waals surface area (Å²) in [6, 6.07) is 5.25. The van der Waals surface area contributed by atoms with E-state index < -0.39 is 0 Å². The molecule has 1 aliphatic heterocycles. The molecule has 1 N–H and O–H groups in total. The summed E-state index contributed by atoms with van der Waals surface area (Å²) < 4.78 is 0. The lowest BCUT2D eigenvalue weighted by Gasteiger charge is -2.13. The van der Waals surface area contributed by atoms with Gasteiger partial charge in [-0.15, -0.1) is 0 Å². The van der Waals surface area contributed by atoms with Crippen molar-refractivity contribution in [1.82, 2.24) is 15.3 Å². The number of anilines is 1. The average Bonchev–Trinajstić information content (AvgIpc) is 2.99. The molecule has 6 nitrogen and oxygen atoms in total. The first-order valence-corrected chi connectivity index (χ1v) is 7.75. The van der Waals surface area contributed by atoms with Gasteiger partial charge in [0, 0.05) is 25.4 Å². The molecule has 0 atom stereocenters. The van der Waals surface area contributed by atoms with Gasteiger partial charge < -0.3 is 5.32 Å². The fourth-order valence-electron chi connectivity index (χ4n) is 2.01. The van der Waals surface area contributed by atoms with Crippen LogP contribution >= 0.6 is 34.8 Å². The summed E-state index contributed by atoms with van der Waals surface area (Å²) in [6.07, 6.45) is 3.31. The topological polar surface area (TPSA) is 70.5 Å². The van der Waals surface area contributed by atoms with E-state index in [1.165, 1.54) is 12.4 Å². The molecule has 0 fully saturated rings. The summed E-state index contributed by atoms with van der Waals surface area (Å²) in [6.45, 7) is 0.630. The predicted molar refractivity (Wildman–Crippen MR) is 90.4 cm³/mol. The Kier molecular flexibility index (Phi) is 4.66. The van der Waals surface area contributed by atoms with Crippen LogP contribution in [0.3, 0.4) is 0 Å². The van der Waals surface area contributed by atoms with Crippen LogP contribution in [0.5, 0.6) is 0 Å². The van der Waals surface area contributed by atoms with Crippen molar-refractivity contribution in [2.75, 3.05) is 11.6 Å². The molecule has 0 bridgehead atoms. The number of nitrogens with one attached hydrogen (secondary N) is 1. The van der Waals surface area contributed by atoms with Crippen molar-refractivity contribution in [3.8, 4) is 0 Å². The van der Waals surface area contributed by atoms with Gasteiger partial charge in [0.1, 0.15) is 5.84 Å². The molecule has 0 unspecified atom stereocenters. The first-order valence-electron chi connectivity index (χ1n) is 6.62. The lowest BCUT2D eigenvalue weighted by Crippen LogP contribution is -2.29. The molecular weight excluding hydrogens is 361 g/mol. The van der Waals surface area contributed by atoms with Crippen molar-refractivity contribution in [3.05, 3.63) is 51.5 Å². The minimum atomic E-state index is -0.337. The number of benzene rings is 1. The quantitative estimate of drug-likeness (QED) is 0.823. The molecule has 0 aliphatic carbocycles. The molecule has 1 aromatic carbocycles. The number of carbonyl (C=O) groups excluding carboxylic acids is 1. The first-order chi connectivity index (χ1) is 11.0. The van der Waals surface area contributed by atoms with Gasteiger partial charge >= 0.3 is 0 Å². The van der Waals surface area contributed by atoms with Gasteiger partial charge in [-0.3, -0.25) is 9.80 Å². The molecule has 0 spiro atoms. The van der Waals surface area contributed by atoms with E-state index in [9.17, 15) is 4.79 Å². The van der Waals surface area contributed by atoms with Gasteiger partial charge in [-0.25, -0.2) is 9.97 Å². The van der Waals surface area contributed by atoms with Gasteiger partial charge in [-0.2, -0.15) is 5.10 Å². The highest BCUT2D eigenvalue weighted by atomic mass is 35.5. The maximum Gasteiger partial charge on any atom is 0.259 e. The number of rotatable bonds is 2. The standard InChI is InChI=1S/C14H10Cl3N5O/c15-10-2-1-9(5-11(10)16)22-4-3-12(21-22)20-13(23)8-6-18-14(17)19-7-8/h1-2,5-7H,3-4H2,(H,20,21,23). The Morgan fingerprint density at radius 2 is 1.87 bits per heavy atom. The minimum Gasteiger partial charge on any atom is -0.308 e. The SMILES string of the molecule is O=C(NC1=NN(c2ccc(Cl)c(Cl)c2)CC1)c1cnc(Cl)nc1. The second-order valence-electron chi connectivity index (χ2n) is 4.71. The third-order valence-electron chi connectivity index (χ3n) is 3.14. The van der Waals surface area contributed by atoms with Crippen molar-refractivity contribution in [3.63, 3.8) is 0 Å². The molecule has 0 saturated heterocycles. The normalized spacial score (nSPS) is 13.9. The molecule has 3 rings (SSSR count). The highest BCUT2D eigenvalue weighted by Crippen LogP contribution is 2.28. The molecule has 118 valence electrons. The Hall–Kier alpha value is -1.89. The largest absolute Gasteiger partial charge is 0.308 e. The number of nitrogens with zero attached hydrogens (tertiary/aromatic N) is 4. The van der Waals surface area contributed by atoms with Crippen LogP contribution < -0.4 is 10.3 Å². The van der Waals surface area contributed by atoms with Gasteiger partial charge in [0.05, 0.1) is 21.3 Å². The monoisotopic (exact) mass is 369 g/mol. The Balaban J connectivity index is 1.71. The fraction of sp³-hybridized carbons (Fsp3) is 0.143. The van der Waals surface area contributed by atoms with Crippen LogP contribution in [0.1, 0.15) is 16.8 Å². The van der Waals surface area contributed by atoms with Crippen molar-refractivity contribution in [2.45, 2.75) is 6.42 Å². The molecule has 0 saturated carbocycles. The highest BCUT2D eigenvalue weighted by Gasteiger charge is 2.19. The zero-order valence-corrected chi connectivity index (χ0v) is 13.9. The van der Waals surface area contributed by atoms with E-state index in [1.807, 2.05) is 6.07 Å². The zero-order valence-electron chi connectivity index (χ0n) is 11.6. The van der Waals surface area contributed by atoms with Crippen LogP contribution in [0.4, 0.5) is 5.69 Å². The van der Waals surface area contributed by atoms with Crippen molar-refractivity contribution < 1.29 is 4.79 Å². The lowest BCUT2D eigenvalue weighted by atomic mass is 10.3. The maximum atomic E-state index is 12.1. The Bertz CT molecular complexity index is 778. The summed E-state index contributed by atoms with van der Waals surface area (Å²) in [5.74, 6) is 0.215. The van der Waals surface area contributed by atoms with Crippen molar-refractivity contribution >= 4 is 52.2 Å². The number of hydrogen-bond donors (Lipinski definition) is 1. The summed E-state index contributed by atoms with van der Waals surface area (Å²) >= 11 is 17.5. The van der Waals surface area contributed by atoms with E-state index in [0.717, 1.165) is 5.69 Å². The second kappa shape index (κ2) is 6.70. The highest BCUT2D eigenvalue weighted by molar-refractivity contribution is 6.42. The van der Waals surface area contributed by atoms with Crippen molar-refractivity contribution in [2.24, 2.45) is 5.10 Å². The van der Waals surface area contributed by atoms with Crippen LogP contribution in [-0.4, -0.2) is 28.3 Å². The molecule has 2 heterocycles. The number of halogens is 3. The average molecular weight is 371 g/mol.